The molecule has 0 bridgehead atoms. The Labute approximate surface area is 146 Å². The van der Waals surface area contributed by atoms with Crippen LogP contribution in [0.5, 0.6) is 11.5 Å². The van der Waals surface area contributed by atoms with Gasteiger partial charge in [0.25, 0.3) is 0 Å². The summed E-state index contributed by atoms with van der Waals surface area (Å²) in [5, 5.41) is 2.76. The molecule has 1 aliphatic heterocycles. The first kappa shape index (κ1) is 17.4. The van der Waals surface area contributed by atoms with Crippen molar-refractivity contribution in [1.82, 2.24) is 9.88 Å². The van der Waals surface area contributed by atoms with Gasteiger partial charge in [-0.15, -0.1) is 20.1 Å². The largest absolute Gasteiger partial charge is 0.586 e. The number of halogens is 2. The SMILES string of the molecule is CCC(C)NC(=O)N=c1sc(C)cn1-c1ccc2c(c1)OC(F)(F)O2. The van der Waals surface area contributed by atoms with Crippen LogP contribution in [0.1, 0.15) is 25.1 Å². The summed E-state index contributed by atoms with van der Waals surface area (Å²) in [5.74, 6) is -0.0943. The molecule has 6 nitrogen and oxygen atoms in total. The van der Waals surface area contributed by atoms with Gasteiger partial charge in [0.05, 0.1) is 5.69 Å². The Morgan fingerprint density at radius 1 is 1.40 bits per heavy atom. The third-order valence-electron chi connectivity index (χ3n) is 3.61. The summed E-state index contributed by atoms with van der Waals surface area (Å²) >= 11 is 1.32. The van der Waals surface area contributed by atoms with Crippen molar-refractivity contribution in [1.29, 1.82) is 0 Å². The summed E-state index contributed by atoms with van der Waals surface area (Å²) < 4.78 is 36.8. The molecule has 2 heterocycles. The molecule has 2 amide bonds. The van der Waals surface area contributed by atoms with Crippen LogP contribution in [-0.4, -0.2) is 22.9 Å². The molecule has 0 radical (unpaired) electrons. The van der Waals surface area contributed by atoms with E-state index < -0.39 is 12.3 Å². The number of aryl methyl sites for hydroxylation is 1. The molecule has 2 aromatic rings. The van der Waals surface area contributed by atoms with Crippen molar-refractivity contribution < 1.29 is 23.0 Å². The maximum atomic E-state index is 13.2. The van der Waals surface area contributed by atoms with E-state index in [4.69, 9.17) is 0 Å². The highest BCUT2D eigenvalue weighted by atomic mass is 32.1. The van der Waals surface area contributed by atoms with Crippen LogP contribution in [-0.2, 0) is 0 Å². The van der Waals surface area contributed by atoms with Crippen LogP contribution in [0.4, 0.5) is 13.6 Å². The fraction of sp³-hybridized carbons (Fsp3) is 0.375. The molecule has 9 heteroatoms. The maximum Gasteiger partial charge on any atom is 0.586 e. The monoisotopic (exact) mass is 369 g/mol. The van der Waals surface area contributed by atoms with E-state index in [9.17, 15) is 13.6 Å². The van der Waals surface area contributed by atoms with Gasteiger partial charge < -0.3 is 14.8 Å². The average Bonchev–Trinajstić information content (AvgIpc) is 3.03. The Morgan fingerprint density at radius 2 is 2.12 bits per heavy atom. The second-order valence-corrected chi connectivity index (χ2v) is 6.88. The number of nitrogens with one attached hydrogen (secondary N) is 1. The lowest BCUT2D eigenvalue weighted by Gasteiger charge is -2.08. The quantitative estimate of drug-likeness (QED) is 0.899. The second kappa shape index (κ2) is 6.47. The van der Waals surface area contributed by atoms with Crippen LogP contribution < -0.4 is 19.6 Å². The van der Waals surface area contributed by atoms with Crippen molar-refractivity contribution in [3.05, 3.63) is 34.1 Å². The summed E-state index contributed by atoms with van der Waals surface area (Å²) in [5.41, 5.74) is 0.541. The van der Waals surface area contributed by atoms with Gasteiger partial charge in [-0.05, 0) is 32.4 Å². The number of alkyl halides is 2. The number of urea groups is 1. The smallest absolute Gasteiger partial charge is 0.395 e. The molecule has 1 atom stereocenters. The number of carbonyl (C=O) groups excluding carboxylic acids is 1. The van der Waals surface area contributed by atoms with E-state index in [1.54, 1.807) is 16.8 Å². The minimum atomic E-state index is -3.67. The summed E-state index contributed by atoms with van der Waals surface area (Å²) in [6.07, 6.45) is -1.10. The number of benzene rings is 1. The molecule has 0 saturated carbocycles. The number of ether oxygens (including phenoxy) is 2. The average molecular weight is 369 g/mol. The number of amides is 2. The molecule has 1 aromatic heterocycles. The van der Waals surface area contributed by atoms with Crippen molar-refractivity contribution in [3.8, 4) is 17.2 Å². The Kier molecular flexibility index (Phi) is 4.51. The topological polar surface area (TPSA) is 64.9 Å². The Morgan fingerprint density at radius 3 is 2.84 bits per heavy atom. The van der Waals surface area contributed by atoms with Gasteiger partial charge >= 0.3 is 12.3 Å². The Balaban J connectivity index is 1.96. The molecule has 1 aromatic carbocycles. The zero-order chi connectivity index (χ0) is 18.2. The number of rotatable bonds is 3. The lowest BCUT2D eigenvalue weighted by atomic mass is 10.3. The number of nitrogens with zero attached hydrogens (tertiary/aromatic N) is 2. The minimum absolute atomic E-state index is 0.0125. The van der Waals surface area contributed by atoms with Crippen molar-refractivity contribution in [2.24, 2.45) is 4.99 Å². The van der Waals surface area contributed by atoms with Crippen LogP contribution in [0.3, 0.4) is 0 Å². The number of thiazole rings is 1. The summed E-state index contributed by atoms with van der Waals surface area (Å²) in [4.78, 5) is 17.4. The van der Waals surface area contributed by atoms with Crippen molar-refractivity contribution in [2.45, 2.75) is 39.5 Å². The molecular formula is C16H17F2N3O3S. The third-order valence-corrected chi connectivity index (χ3v) is 4.51. The van der Waals surface area contributed by atoms with Crippen LogP contribution in [0.15, 0.2) is 29.4 Å². The summed E-state index contributed by atoms with van der Waals surface area (Å²) in [6.45, 7) is 5.72. The third kappa shape index (κ3) is 3.81. The van der Waals surface area contributed by atoms with Gasteiger partial charge in [-0.1, -0.05) is 6.92 Å². The number of carbonyl (C=O) groups is 1. The molecule has 134 valence electrons. The number of hydrogen-bond acceptors (Lipinski definition) is 4. The van der Waals surface area contributed by atoms with E-state index in [-0.39, 0.29) is 17.5 Å². The zero-order valence-electron chi connectivity index (χ0n) is 13.9. The van der Waals surface area contributed by atoms with Crippen molar-refractivity contribution in [2.75, 3.05) is 0 Å². The molecule has 0 saturated heterocycles. The van der Waals surface area contributed by atoms with E-state index in [1.807, 2.05) is 20.8 Å². The number of fused-ring (bicyclic) bond motifs is 1. The standard InChI is InChI=1S/C16H17F2N3O3S/c1-4-9(2)19-14(22)20-15-21(8-10(3)25-15)11-5-6-12-13(7-11)24-16(17,18)23-12/h5-9H,4H2,1-3H3,(H,19,22). The molecule has 1 N–H and O–H groups in total. The zero-order valence-corrected chi connectivity index (χ0v) is 14.7. The lowest BCUT2D eigenvalue weighted by molar-refractivity contribution is -0.286. The van der Waals surface area contributed by atoms with Gasteiger partial charge in [0.1, 0.15) is 0 Å². The van der Waals surface area contributed by atoms with Crippen LogP contribution in [0.25, 0.3) is 5.69 Å². The van der Waals surface area contributed by atoms with Gasteiger partial charge in [0.15, 0.2) is 16.3 Å². The first-order valence-electron chi connectivity index (χ1n) is 7.72. The first-order valence-corrected chi connectivity index (χ1v) is 8.53. The van der Waals surface area contributed by atoms with E-state index in [0.717, 1.165) is 11.3 Å². The molecule has 25 heavy (non-hydrogen) atoms. The Hall–Kier alpha value is -2.42. The first-order chi connectivity index (χ1) is 11.8. The van der Waals surface area contributed by atoms with Crippen molar-refractivity contribution >= 4 is 17.4 Å². The molecule has 0 fully saturated rings. The number of hydrogen-bond donors (Lipinski definition) is 1. The van der Waals surface area contributed by atoms with Crippen LogP contribution in [0.2, 0.25) is 0 Å². The highest BCUT2D eigenvalue weighted by Gasteiger charge is 2.43. The highest BCUT2D eigenvalue weighted by Crippen LogP contribution is 2.41. The maximum absolute atomic E-state index is 13.2. The highest BCUT2D eigenvalue weighted by molar-refractivity contribution is 7.09. The summed E-state index contributed by atoms with van der Waals surface area (Å²) in [6, 6.07) is 3.99. The van der Waals surface area contributed by atoms with Crippen molar-refractivity contribution in [3.63, 3.8) is 0 Å². The second-order valence-electron chi connectivity index (χ2n) is 5.66. The van der Waals surface area contributed by atoms with Gasteiger partial charge in [0, 0.05) is 23.2 Å². The van der Waals surface area contributed by atoms with Crippen LogP contribution in [0, 0.1) is 6.92 Å². The van der Waals surface area contributed by atoms with E-state index in [2.05, 4.69) is 19.8 Å². The lowest BCUT2D eigenvalue weighted by Crippen LogP contribution is -2.31. The van der Waals surface area contributed by atoms with Gasteiger partial charge in [0.2, 0.25) is 0 Å². The van der Waals surface area contributed by atoms with Crippen LogP contribution >= 0.6 is 11.3 Å². The summed E-state index contributed by atoms with van der Waals surface area (Å²) in [7, 11) is 0. The van der Waals surface area contributed by atoms with Gasteiger partial charge in [-0.2, -0.15) is 4.99 Å². The molecule has 3 rings (SSSR count). The fourth-order valence-electron chi connectivity index (χ4n) is 2.24. The van der Waals surface area contributed by atoms with E-state index in [1.165, 1.54) is 23.5 Å². The van der Waals surface area contributed by atoms with Gasteiger partial charge in [-0.3, -0.25) is 4.57 Å². The molecule has 0 aliphatic carbocycles. The van der Waals surface area contributed by atoms with Gasteiger partial charge in [-0.25, -0.2) is 4.79 Å². The molecule has 1 unspecified atom stereocenters. The van der Waals surface area contributed by atoms with E-state index in [0.29, 0.717) is 10.5 Å². The normalized spacial score (nSPS) is 16.8. The number of aromatic nitrogens is 1. The minimum Gasteiger partial charge on any atom is -0.395 e. The Bertz CT molecular complexity index is 876. The predicted octanol–water partition coefficient (Wildman–Crippen LogP) is 3.58. The van der Waals surface area contributed by atoms with E-state index >= 15 is 0 Å². The predicted molar refractivity (Wildman–Crippen MR) is 88.4 cm³/mol. The molecule has 0 spiro atoms. The molecule has 1 aliphatic rings. The molecular weight excluding hydrogens is 352 g/mol. The fourth-order valence-corrected chi connectivity index (χ4v) is 3.07.